The van der Waals surface area contributed by atoms with Crippen molar-refractivity contribution in [3.05, 3.63) is 74.4 Å². The average Bonchev–Trinajstić information content (AvgIpc) is 3.41. The summed E-state index contributed by atoms with van der Waals surface area (Å²) < 4.78 is 1.94. The summed E-state index contributed by atoms with van der Waals surface area (Å²) in [7, 11) is 0. The first-order chi connectivity index (χ1) is 16.5. The highest BCUT2D eigenvalue weighted by Crippen LogP contribution is 2.66. The number of benzene rings is 2. The third kappa shape index (κ3) is 4.45. The molecule has 0 amide bonds. The summed E-state index contributed by atoms with van der Waals surface area (Å²) in [4.78, 5) is 13.7. The van der Waals surface area contributed by atoms with Gasteiger partial charge in [0.2, 0.25) is 0 Å². The van der Waals surface area contributed by atoms with Crippen molar-refractivity contribution in [3.63, 3.8) is 0 Å². The van der Waals surface area contributed by atoms with Gasteiger partial charge in [0, 0.05) is 16.5 Å². The quantitative estimate of drug-likeness (QED) is 0.321. The molecule has 0 aliphatic heterocycles. The standard InChI is InChI=1S/C29H31Cl3N2O/c1-17-5-6-18(11-23(17)31)16-34-25(19-7-8-22(30)24(32)12-19)13-21(33-34)14-26(35)27-28(2,3)20-9-10-29(27,4)15-20/h5-8,11-13,20,27H,9-10,14-16H2,1-4H3. The van der Waals surface area contributed by atoms with Crippen LogP contribution in [0.25, 0.3) is 11.3 Å². The van der Waals surface area contributed by atoms with E-state index in [1.54, 1.807) is 6.07 Å². The second-order valence-electron chi connectivity index (χ2n) is 11.4. The molecule has 0 saturated heterocycles. The summed E-state index contributed by atoms with van der Waals surface area (Å²) in [6, 6.07) is 13.7. The molecule has 3 nitrogen and oxygen atoms in total. The van der Waals surface area contributed by atoms with E-state index in [1.165, 1.54) is 6.42 Å². The van der Waals surface area contributed by atoms with E-state index in [-0.39, 0.29) is 16.7 Å². The van der Waals surface area contributed by atoms with E-state index in [1.807, 2.05) is 41.9 Å². The normalized spacial score (nSPS) is 24.8. The zero-order valence-corrected chi connectivity index (χ0v) is 22.9. The van der Waals surface area contributed by atoms with Crippen molar-refractivity contribution in [1.29, 1.82) is 0 Å². The molecule has 0 spiro atoms. The zero-order chi connectivity index (χ0) is 25.1. The van der Waals surface area contributed by atoms with Crippen molar-refractivity contribution >= 4 is 40.6 Å². The van der Waals surface area contributed by atoms with Gasteiger partial charge in [0.25, 0.3) is 0 Å². The maximum Gasteiger partial charge on any atom is 0.143 e. The number of hydrogen-bond acceptors (Lipinski definition) is 2. The number of aryl methyl sites for hydroxylation is 1. The van der Waals surface area contributed by atoms with Crippen LogP contribution in [0, 0.1) is 29.6 Å². The molecule has 2 aliphatic carbocycles. The number of Topliss-reactive ketones (excluding diaryl/α,β-unsaturated/α-hetero) is 1. The summed E-state index contributed by atoms with van der Waals surface area (Å²) in [5.74, 6) is 1.02. The number of nitrogens with zero attached hydrogens (tertiary/aromatic N) is 2. The van der Waals surface area contributed by atoms with Gasteiger partial charge in [-0.25, -0.2) is 0 Å². The SMILES string of the molecule is Cc1ccc(Cn2nc(CC(=O)C3C4(C)CCC(C4)C3(C)C)cc2-c2ccc(Cl)c(Cl)c2)cc1Cl. The van der Waals surface area contributed by atoms with Crippen molar-refractivity contribution in [3.8, 4) is 11.3 Å². The third-order valence-corrected chi connectivity index (χ3v) is 9.71. The molecule has 1 aromatic heterocycles. The van der Waals surface area contributed by atoms with E-state index >= 15 is 0 Å². The second kappa shape index (κ2) is 8.94. The van der Waals surface area contributed by atoms with Crippen LogP contribution in [0.3, 0.4) is 0 Å². The van der Waals surface area contributed by atoms with Crippen molar-refractivity contribution in [2.45, 2.75) is 59.9 Å². The van der Waals surface area contributed by atoms with Crippen LogP contribution in [0.5, 0.6) is 0 Å². The molecule has 3 aromatic rings. The van der Waals surface area contributed by atoms with Crippen molar-refractivity contribution in [2.75, 3.05) is 0 Å². The average molecular weight is 530 g/mol. The minimum Gasteiger partial charge on any atom is -0.299 e. The Morgan fingerprint density at radius 2 is 1.80 bits per heavy atom. The molecule has 3 atom stereocenters. The second-order valence-corrected chi connectivity index (χ2v) is 12.6. The predicted molar refractivity (Wildman–Crippen MR) is 144 cm³/mol. The molecular formula is C29H31Cl3N2O. The van der Waals surface area contributed by atoms with E-state index < -0.39 is 0 Å². The third-order valence-electron chi connectivity index (χ3n) is 8.56. The molecule has 2 fully saturated rings. The van der Waals surface area contributed by atoms with Gasteiger partial charge in [-0.15, -0.1) is 0 Å². The Kier molecular flexibility index (Phi) is 6.35. The summed E-state index contributed by atoms with van der Waals surface area (Å²) in [6.07, 6.45) is 3.89. The van der Waals surface area contributed by atoms with Crippen LogP contribution in [-0.2, 0) is 17.8 Å². The van der Waals surface area contributed by atoms with Gasteiger partial charge < -0.3 is 0 Å². The van der Waals surface area contributed by atoms with Crippen LogP contribution in [0.4, 0.5) is 0 Å². The topological polar surface area (TPSA) is 34.9 Å². The molecular weight excluding hydrogens is 499 g/mol. The highest BCUT2D eigenvalue weighted by molar-refractivity contribution is 6.42. The molecule has 2 saturated carbocycles. The summed E-state index contributed by atoms with van der Waals surface area (Å²) in [5.41, 5.74) is 4.84. The minimum atomic E-state index is 0.0395. The number of rotatable bonds is 6. The van der Waals surface area contributed by atoms with Crippen molar-refractivity contribution in [2.24, 2.45) is 22.7 Å². The molecule has 184 valence electrons. The van der Waals surface area contributed by atoms with Gasteiger partial charge in [-0.05, 0) is 78.3 Å². The van der Waals surface area contributed by atoms with E-state index in [0.717, 1.165) is 45.9 Å². The highest BCUT2D eigenvalue weighted by Gasteiger charge is 2.61. The molecule has 0 N–H and O–H groups in total. The van der Waals surface area contributed by atoms with Crippen molar-refractivity contribution < 1.29 is 4.79 Å². The molecule has 5 rings (SSSR count). The Balaban J connectivity index is 1.49. The summed E-state index contributed by atoms with van der Waals surface area (Å²) >= 11 is 18.9. The number of aromatic nitrogens is 2. The smallest absolute Gasteiger partial charge is 0.143 e. The molecule has 6 heteroatoms. The molecule has 2 aliphatic rings. The van der Waals surface area contributed by atoms with Crippen LogP contribution in [0.15, 0.2) is 42.5 Å². The summed E-state index contributed by atoms with van der Waals surface area (Å²) in [5, 5.41) is 6.63. The van der Waals surface area contributed by atoms with Gasteiger partial charge in [0.15, 0.2) is 0 Å². The van der Waals surface area contributed by atoms with E-state index in [9.17, 15) is 4.79 Å². The molecule has 1 heterocycles. The predicted octanol–water partition coefficient (Wildman–Crippen LogP) is 8.44. The number of halogens is 3. The first kappa shape index (κ1) is 24.9. The lowest BCUT2D eigenvalue weighted by Crippen LogP contribution is -2.41. The van der Waals surface area contributed by atoms with Crippen LogP contribution in [0.1, 0.15) is 56.9 Å². The number of carbonyl (C=O) groups excluding carboxylic acids is 1. The fraction of sp³-hybridized carbons (Fsp3) is 0.448. The largest absolute Gasteiger partial charge is 0.299 e. The van der Waals surface area contributed by atoms with Crippen molar-refractivity contribution in [1.82, 2.24) is 9.78 Å². The van der Waals surface area contributed by atoms with Gasteiger partial charge in [-0.3, -0.25) is 9.48 Å². The number of fused-ring (bicyclic) bond motifs is 2. The van der Waals surface area contributed by atoms with Crippen LogP contribution in [0.2, 0.25) is 15.1 Å². The first-order valence-electron chi connectivity index (χ1n) is 12.3. The lowest BCUT2D eigenvalue weighted by atomic mass is 9.62. The Bertz CT molecular complexity index is 1310. The van der Waals surface area contributed by atoms with Crippen LogP contribution >= 0.6 is 34.8 Å². The lowest BCUT2D eigenvalue weighted by Gasteiger charge is -2.41. The molecule has 2 bridgehead atoms. The van der Waals surface area contributed by atoms with Crippen LogP contribution in [-0.4, -0.2) is 15.6 Å². The Labute approximate surface area is 222 Å². The van der Waals surface area contributed by atoms with Gasteiger partial charge in [0.1, 0.15) is 5.78 Å². The maximum absolute atomic E-state index is 13.7. The Morgan fingerprint density at radius 1 is 1.03 bits per heavy atom. The van der Waals surface area contributed by atoms with E-state index in [0.29, 0.717) is 34.7 Å². The number of carbonyl (C=O) groups is 1. The molecule has 35 heavy (non-hydrogen) atoms. The minimum absolute atomic E-state index is 0.0395. The summed E-state index contributed by atoms with van der Waals surface area (Å²) in [6.45, 7) is 9.41. The zero-order valence-electron chi connectivity index (χ0n) is 20.7. The van der Waals surface area contributed by atoms with Gasteiger partial charge in [-0.2, -0.15) is 5.10 Å². The Hall–Kier alpha value is -1.81. The molecule has 2 aromatic carbocycles. The lowest BCUT2D eigenvalue weighted by molar-refractivity contribution is -0.130. The van der Waals surface area contributed by atoms with Gasteiger partial charge >= 0.3 is 0 Å². The fourth-order valence-corrected chi connectivity index (χ4v) is 7.36. The van der Waals surface area contributed by atoms with Crippen LogP contribution < -0.4 is 0 Å². The maximum atomic E-state index is 13.7. The molecule has 0 radical (unpaired) electrons. The molecule has 3 unspecified atom stereocenters. The number of ketones is 1. The van der Waals surface area contributed by atoms with Gasteiger partial charge in [-0.1, -0.05) is 73.8 Å². The first-order valence-corrected chi connectivity index (χ1v) is 13.4. The van der Waals surface area contributed by atoms with E-state index in [4.69, 9.17) is 39.9 Å². The van der Waals surface area contributed by atoms with E-state index in [2.05, 4.69) is 26.8 Å². The Morgan fingerprint density at radius 3 is 2.46 bits per heavy atom. The fourth-order valence-electron chi connectivity index (χ4n) is 6.86. The number of hydrogen-bond donors (Lipinski definition) is 0. The highest BCUT2D eigenvalue weighted by atomic mass is 35.5. The van der Waals surface area contributed by atoms with Gasteiger partial charge in [0.05, 0.1) is 34.4 Å². The monoisotopic (exact) mass is 528 g/mol.